The van der Waals surface area contributed by atoms with Crippen LogP contribution in [0.15, 0.2) is 73.3 Å². The van der Waals surface area contributed by atoms with Crippen molar-refractivity contribution < 1.29 is 4.74 Å². The molecule has 180 valence electrons. The highest BCUT2D eigenvalue weighted by Gasteiger charge is 2.10. The van der Waals surface area contributed by atoms with E-state index >= 15 is 0 Å². The quantitative estimate of drug-likeness (QED) is 0.281. The summed E-state index contributed by atoms with van der Waals surface area (Å²) in [5.74, 6) is 2.16. The number of aryl methyl sites for hydroxylation is 1. The van der Waals surface area contributed by atoms with Crippen LogP contribution in [-0.2, 0) is 13.1 Å². The van der Waals surface area contributed by atoms with Gasteiger partial charge in [-0.1, -0.05) is 81.0 Å². The Kier molecular flexibility index (Phi) is 12.0. The van der Waals surface area contributed by atoms with Crippen LogP contribution in [-0.4, -0.2) is 43.1 Å². The Bertz CT molecular complexity index is 823. The van der Waals surface area contributed by atoms with E-state index in [1.807, 2.05) is 18.2 Å². The predicted octanol–water partition coefficient (Wildman–Crippen LogP) is 6.73. The van der Waals surface area contributed by atoms with E-state index in [4.69, 9.17) is 4.74 Å². The summed E-state index contributed by atoms with van der Waals surface area (Å²) in [5.41, 5.74) is 4.02. The Labute approximate surface area is 202 Å². The van der Waals surface area contributed by atoms with Gasteiger partial charge in [0.05, 0.1) is 7.11 Å². The minimum absolute atomic E-state index is 0.593. The molecule has 0 radical (unpaired) electrons. The molecule has 2 rings (SSSR count). The van der Waals surface area contributed by atoms with Crippen molar-refractivity contribution in [1.29, 1.82) is 0 Å². The zero-order valence-electron chi connectivity index (χ0n) is 21.5. The molecule has 0 aromatic heterocycles. The van der Waals surface area contributed by atoms with Crippen molar-refractivity contribution in [1.82, 2.24) is 9.80 Å². The lowest BCUT2D eigenvalue weighted by atomic mass is 10.1. The molecule has 2 aromatic carbocycles. The third-order valence-corrected chi connectivity index (χ3v) is 5.74. The largest absolute Gasteiger partial charge is 0.497 e. The fraction of sp³-hybridized carbons (Fsp3) is 0.467. The van der Waals surface area contributed by atoms with Gasteiger partial charge in [0, 0.05) is 39.3 Å². The van der Waals surface area contributed by atoms with Crippen LogP contribution >= 0.6 is 0 Å². The topological polar surface area (TPSA) is 15.7 Å². The lowest BCUT2D eigenvalue weighted by Crippen LogP contribution is -2.28. The van der Waals surface area contributed by atoms with Gasteiger partial charge in [-0.05, 0) is 48.4 Å². The lowest BCUT2D eigenvalue weighted by molar-refractivity contribution is 0.252. The summed E-state index contributed by atoms with van der Waals surface area (Å²) in [4.78, 5) is 5.01. The molecule has 0 N–H and O–H groups in total. The van der Waals surface area contributed by atoms with E-state index in [1.165, 1.54) is 16.7 Å². The molecule has 33 heavy (non-hydrogen) atoms. The fourth-order valence-corrected chi connectivity index (χ4v) is 4.11. The number of methoxy groups -OCH3 is 1. The molecule has 0 fully saturated rings. The molecule has 0 bridgehead atoms. The third-order valence-electron chi connectivity index (χ3n) is 5.74. The smallest absolute Gasteiger partial charge is 0.118 e. The zero-order chi connectivity index (χ0) is 24.1. The maximum Gasteiger partial charge on any atom is 0.118 e. The van der Waals surface area contributed by atoms with Crippen LogP contribution in [0.3, 0.4) is 0 Å². The van der Waals surface area contributed by atoms with Crippen LogP contribution in [0.4, 0.5) is 0 Å². The first-order valence-electron chi connectivity index (χ1n) is 12.3. The van der Waals surface area contributed by atoms with Gasteiger partial charge < -0.3 is 4.74 Å². The Morgan fingerprint density at radius 3 is 1.94 bits per heavy atom. The van der Waals surface area contributed by atoms with E-state index in [9.17, 15) is 0 Å². The molecule has 0 saturated carbocycles. The number of nitrogens with zero attached hydrogens (tertiary/aromatic N) is 2. The summed E-state index contributed by atoms with van der Waals surface area (Å²) in [6, 6.07) is 17.3. The normalized spacial score (nSPS) is 12.7. The van der Waals surface area contributed by atoms with Crippen molar-refractivity contribution in [2.45, 2.75) is 47.2 Å². The van der Waals surface area contributed by atoms with E-state index in [1.54, 1.807) is 7.11 Å². The first kappa shape index (κ1) is 26.9. The molecule has 0 amide bonds. The second-order valence-electron chi connectivity index (χ2n) is 9.72. The SMILES string of the molecule is C=CCN(Cc1ccc(OC)cc1)CC(C)C/C=C/CN(Cc1ccc(C)cc1)CC(C)C. The van der Waals surface area contributed by atoms with Crippen molar-refractivity contribution in [3.05, 3.63) is 90.0 Å². The molecule has 0 aliphatic rings. The number of hydrogen-bond donors (Lipinski definition) is 0. The highest BCUT2D eigenvalue weighted by atomic mass is 16.5. The maximum atomic E-state index is 5.28. The second-order valence-corrected chi connectivity index (χ2v) is 9.72. The molecule has 0 heterocycles. The standard InChI is InChI=1S/C30H44N2O/c1-7-19-31(23-29-15-17-30(33-6)18-16-29)22-27(5)10-8-9-20-32(21-25(2)3)24-28-13-11-26(4)12-14-28/h7-9,11-18,25,27H,1,10,19-24H2,2-6H3/b9-8+. The van der Waals surface area contributed by atoms with Gasteiger partial charge in [0.2, 0.25) is 0 Å². The molecule has 1 unspecified atom stereocenters. The van der Waals surface area contributed by atoms with Crippen LogP contribution in [0.2, 0.25) is 0 Å². The fourth-order valence-electron chi connectivity index (χ4n) is 4.11. The Balaban J connectivity index is 1.84. The number of hydrogen-bond acceptors (Lipinski definition) is 3. The average molecular weight is 449 g/mol. The van der Waals surface area contributed by atoms with Gasteiger partial charge in [-0.25, -0.2) is 0 Å². The Morgan fingerprint density at radius 2 is 1.39 bits per heavy atom. The number of allylic oxidation sites excluding steroid dienone is 1. The van der Waals surface area contributed by atoms with E-state index in [0.717, 1.165) is 51.4 Å². The van der Waals surface area contributed by atoms with Gasteiger partial charge in [0.25, 0.3) is 0 Å². The molecule has 0 aliphatic heterocycles. The second kappa shape index (κ2) is 14.7. The van der Waals surface area contributed by atoms with Crippen molar-refractivity contribution in [2.75, 3.05) is 33.3 Å². The van der Waals surface area contributed by atoms with Crippen molar-refractivity contribution in [2.24, 2.45) is 11.8 Å². The monoisotopic (exact) mass is 448 g/mol. The molecule has 3 nitrogen and oxygen atoms in total. The Hall–Kier alpha value is -2.36. The average Bonchev–Trinajstić information content (AvgIpc) is 2.78. The molecular formula is C30H44N2O. The van der Waals surface area contributed by atoms with Crippen LogP contribution in [0, 0.1) is 18.8 Å². The van der Waals surface area contributed by atoms with E-state index in [2.05, 4.69) is 92.6 Å². The van der Waals surface area contributed by atoms with Crippen LogP contribution in [0.25, 0.3) is 0 Å². The van der Waals surface area contributed by atoms with E-state index in [-0.39, 0.29) is 0 Å². The molecule has 1 atom stereocenters. The molecule has 0 saturated heterocycles. The minimum Gasteiger partial charge on any atom is -0.497 e. The van der Waals surface area contributed by atoms with Crippen LogP contribution < -0.4 is 4.74 Å². The molecule has 0 aliphatic carbocycles. The van der Waals surface area contributed by atoms with E-state index < -0.39 is 0 Å². The summed E-state index contributed by atoms with van der Waals surface area (Å²) in [6.07, 6.45) is 7.82. The van der Waals surface area contributed by atoms with Crippen LogP contribution in [0.1, 0.15) is 43.9 Å². The summed E-state index contributed by atoms with van der Waals surface area (Å²) in [6.45, 7) is 19.0. The Morgan fingerprint density at radius 1 is 0.818 bits per heavy atom. The van der Waals surface area contributed by atoms with Gasteiger partial charge in [-0.3, -0.25) is 9.80 Å². The van der Waals surface area contributed by atoms with Crippen molar-refractivity contribution >= 4 is 0 Å². The number of benzene rings is 2. The summed E-state index contributed by atoms with van der Waals surface area (Å²) < 4.78 is 5.28. The third kappa shape index (κ3) is 10.9. The first-order chi connectivity index (χ1) is 15.9. The minimum atomic E-state index is 0.593. The van der Waals surface area contributed by atoms with Crippen LogP contribution in [0.5, 0.6) is 5.75 Å². The van der Waals surface area contributed by atoms with Gasteiger partial charge in [-0.2, -0.15) is 0 Å². The molecule has 0 spiro atoms. The molecule has 3 heteroatoms. The van der Waals surface area contributed by atoms with Crippen molar-refractivity contribution in [3.8, 4) is 5.75 Å². The zero-order valence-corrected chi connectivity index (χ0v) is 21.5. The van der Waals surface area contributed by atoms with Gasteiger partial charge >= 0.3 is 0 Å². The van der Waals surface area contributed by atoms with Gasteiger partial charge in [0.1, 0.15) is 5.75 Å². The maximum absolute atomic E-state index is 5.28. The lowest BCUT2D eigenvalue weighted by Gasteiger charge is -2.24. The number of ether oxygens (including phenoxy) is 1. The summed E-state index contributed by atoms with van der Waals surface area (Å²) in [5, 5.41) is 0. The first-order valence-corrected chi connectivity index (χ1v) is 12.3. The summed E-state index contributed by atoms with van der Waals surface area (Å²) >= 11 is 0. The highest BCUT2D eigenvalue weighted by molar-refractivity contribution is 5.27. The molecule has 2 aromatic rings. The molecular weight excluding hydrogens is 404 g/mol. The van der Waals surface area contributed by atoms with Gasteiger partial charge in [-0.15, -0.1) is 6.58 Å². The number of rotatable bonds is 15. The van der Waals surface area contributed by atoms with E-state index in [0.29, 0.717) is 11.8 Å². The van der Waals surface area contributed by atoms with Gasteiger partial charge in [0.15, 0.2) is 0 Å². The van der Waals surface area contributed by atoms with Crippen molar-refractivity contribution in [3.63, 3.8) is 0 Å². The highest BCUT2D eigenvalue weighted by Crippen LogP contribution is 2.15. The predicted molar refractivity (Wildman–Crippen MR) is 143 cm³/mol. The summed E-state index contributed by atoms with van der Waals surface area (Å²) in [7, 11) is 1.71.